The molecule has 1 aliphatic heterocycles. The number of benzene rings is 1. The molecule has 3 rings (SSSR count). The van der Waals surface area contributed by atoms with Gasteiger partial charge in [0.25, 0.3) is 0 Å². The van der Waals surface area contributed by atoms with Gasteiger partial charge in [-0.2, -0.15) is 0 Å². The van der Waals surface area contributed by atoms with E-state index in [1.54, 1.807) is 0 Å². The number of aliphatic hydroxyl groups excluding tert-OH is 1. The van der Waals surface area contributed by atoms with Crippen molar-refractivity contribution in [3.8, 4) is 11.5 Å². The number of hydrogen-bond acceptors (Lipinski definition) is 4. The Bertz CT molecular complexity index is 455. The highest BCUT2D eigenvalue weighted by atomic mass is 16.7. The minimum absolute atomic E-state index is 0.0919. The highest BCUT2D eigenvalue weighted by Crippen LogP contribution is 2.35. The zero-order valence-corrected chi connectivity index (χ0v) is 11.9. The van der Waals surface area contributed by atoms with Crippen molar-refractivity contribution in [2.45, 2.75) is 38.6 Å². The van der Waals surface area contributed by atoms with Crippen LogP contribution in [0.5, 0.6) is 11.5 Å². The number of ether oxygens (including phenoxy) is 2. The summed E-state index contributed by atoms with van der Waals surface area (Å²) in [5, 5.41) is 13.2. The van der Waals surface area contributed by atoms with Crippen LogP contribution < -0.4 is 14.8 Å². The zero-order chi connectivity index (χ0) is 13.8. The van der Waals surface area contributed by atoms with Gasteiger partial charge >= 0.3 is 0 Å². The molecular weight excluding hydrogens is 254 g/mol. The summed E-state index contributed by atoms with van der Waals surface area (Å²) in [6, 6.07) is 6.05. The highest BCUT2D eigenvalue weighted by Gasteiger charge is 2.30. The van der Waals surface area contributed by atoms with Crippen LogP contribution in [0.3, 0.4) is 0 Å². The molecule has 0 unspecified atom stereocenters. The van der Waals surface area contributed by atoms with E-state index < -0.39 is 0 Å². The molecule has 1 aliphatic carbocycles. The minimum Gasteiger partial charge on any atom is -0.454 e. The first kappa shape index (κ1) is 13.7. The number of fused-ring (bicyclic) bond motifs is 1. The fraction of sp³-hybridized carbons (Fsp3) is 0.625. The van der Waals surface area contributed by atoms with Crippen molar-refractivity contribution >= 4 is 0 Å². The van der Waals surface area contributed by atoms with Gasteiger partial charge < -0.3 is 19.9 Å². The standard InChI is InChI=1S/C16H23NO3/c18-11-16(6-2-1-3-7-16)10-17-9-13-4-5-14-15(8-13)20-12-19-14/h4-5,8,17-18H,1-3,6-7,9-12H2. The van der Waals surface area contributed by atoms with Gasteiger partial charge in [-0.15, -0.1) is 0 Å². The molecule has 1 aromatic rings. The molecule has 0 atom stereocenters. The summed E-state index contributed by atoms with van der Waals surface area (Å²) in [5.74, 6) is 1.66. The molecule has 1 heterocycles. The Morgan fingerprint density at radius 3 is 2.70 bits per heavy atom. The van der Waals surface area contributed by atoms with Crippen LogP contribution in [-0.4, -0.2) is 25.1 Å². The van der Waals surface area contributed by atoms with E-state index >= 15 is 0 Å². The fourth-order valence-corrected chi connectivity index (χ4v) is 3.22. The van der Waals surface area contributed by atoms with Crippen molar-refractivity contribution in [1.82, 2.24) is 5.32 Å². The van der Waals surface area contributed by atoms with E-state index in [1.807, 2.05) is 12.1 Å². The van der Waals surface area contributed by atoms with Gasteiger partial charge in [0, 0.05) is 25.1 Å². The minimum atomic E-state index is 0.0919. The quantitative estimate of drug-likeness (QED) is 0.868. The Labute approximate surface area is 120 Å². The first-order valence-corrected chi connectivity index (χ1v) is 7.51. The Morgan fingerprint density at radius 2 is 1.90 bits per heavy atom. The lowest BCUT2D eigenvalue weighted by atomic mass is 9.74. The van der Waals surface area contributed by atoms with E-state index in [1.165, 1.54) is 24.8 Å². The molecule has 1 aromatic carbocycles. The van der Waals surface area contributed by atoms with Crippen LogP contribution in [0, 0.1) is 5.41 Å². The molecule has 4 nitrogen and oxygen atoms in total. The molecule has 0 aromatic heterocycles. The zero-order valence-electron chi connectivity index (χ0n) is 11.9. The lowest BCUT2D eigenvalue weighted by Crippen LogP contribution is -2.38. The summed E-state index contributed by atoms with van der Waals surface area (Å²) in [6.07, 6.45) is 6.07. The van der Waals surface area contributed by atoms with E-state index in [0.29, 0.717) is 13.4 Å². The summed E-state index contributed by atoms with van der Waals surface area (Å²) >= 11 is 0. The molecular formula is C16H23NO3. The van der Waals surface area contributed by atoms with Crippen LogP contribution >= 0.6 is 0 Å². The summed E-state index contributed by atoms with van der Waals surface area (Å²) in [5.41, 5.74) is 1.28. The summed E-state index contributed by atoms with van der Waals surface area (Å²) < 4.78 is 10.7. The Hall–Kier alpha value is -1.26. The predicted octanol–water partition coefficient (Wildman–Crippen LogP) is 2.45. The largest absolute Gasteiger partial charge is 0.454 e. The molecule has 0 radical (unpaired) electrons. The number of aliphatic hydroxyl groups is 1. The second kappa shape index (κ2) is 6.02. The molecule has 2 N–H and O–H groups in total. The van der Waals surface area contributed by atoms with E-state index in [4.69, 9.17) is 9.47 Å². The first-order chi connectivity index (χ1) is 9.81. The Morgan fingerprint density at radius 1 is 1.10 bits per heavy atom. The maximum atomic E-state index is 9.69. The van der Waals surface area contributed by atoms with E-state index in [2.05, 4.69) is 11.4 Å². The van der Waals surface area contributed by atoms with Gasteiger partial charge in [0.2, 0.25) is 6.79 Å². The molecule has 1 fully saturated rings. The third kappa shape index (κ3) is 2.91. The van der Waals surface area contributed by atoms with E-state index in [9.17, 15) is 5.11 Å². The van der Waals surface area contributed by atoms with Crippen LogP contribution in [0.25, 0.3) is 0 Å². The summed E-state index contributed by atoms with van der Waals surface area (Å²) in [7, 11) is 0. The van der Waals surface area contributed by atoms with Crippen molar-refractivity contribution in [2.24, 2.45) is 5.41 Å². The SMILES string of the molecule is OCC1(CNCc2ccc3c(c2)OCO3)CCCCC1. The molecule has 0 saturated heterocycles. The van der Waals surface area contributed by atoms with Gasteiger partial charge in [-0.3, -0.25) is 0 Å². The van der Waals surface area contributed by atoms with Crippen molar-refractivity contribution < 1.29 is 14.6 Å². The molecule has 1 saturated carbocycles. The average Bonchev–Trinajstić information content (AvgIpc) is 2.96. The van der Waals surface area contributed by atoms with Crippen LogP contribution in [0.4, 0.5) is 0 Å². The highest BCUT2D eigenvalue weighted by molar-refractivity contribution is 5.44. The second-order valence-corrected chi connectivity index (χ2v) is 6.01. The van der Waals surface area contributed by atoms with Crippen LogP contribution in [0.2, 0.25) is 0 Å². The average molecular weight is 277 g/mol. The van der Waals surface area contributed by atoms with Crippen molar-refractivity contribution in [3.63, 3.8) is 0 Å². The molecule has 4 heteroatoms. The summed E-state index contributed by atoms with van der Waals surface area (Å²) in [6.45, 7) is 2.30. The predicted molar refractivity (Wildman–Crippen MR) is 76.9 cm³/mol. The molecule has 20 heavy (non-hydrogen) atoms. The fourth-order valence-electron chi connectivity index (χ4n) is 3.22. The van der Waals surface area contributed by atoms with Gasteiger partial charge in [-0.05, 0) is 30.5 Å². The van der Waals surface area contributed by atoms with Crippen molar-refractivity contribution in [1.29, 1.82) is 0 Å². The second-order valence-electron chi connectivity index (χ2n) is 6.01. The number of nitrogens with one attached hydrogen (secondary N) is 1. The van der Waals surface area contributed by atoms with Gasteiger partial charge in [0.15, 0.2) is 11.5 Å². The summed E-state index contributed by atoms with van der Waals surface area (Å²) in [4.78, 5) is 0. The molecule has 110 valence electrons. The van der Waals surface area contributed by atoms with E-state index in [0.717, 1.165) is 37.4 Å². The monoisotopic (exact) mass is 277 g/mol. The molecule has 2 aliphatic rings. The molecule has 0 spiro atoms. The number of hydrogen-bond donors (Lipinski definition) is 2. The smallest absolute Gasteiger partial charge is 0.231 e. The van der Waals surface area contributed by atoms with Gasteiger partial charge in [-0.1, -0.05) is 25.3 Å². The molecule has 0 bridgehead atoms. The maximum absolute atomic E-state index is 9.69. The van der Waals surface area contributed by atoms with Gasteiger partial charge in [0.05, 0.1) is 0 Å². The normalized spacial score (nSPS) is 20.1. The van der Waals surface area contributed by atoms with Gasteiger partial charge in [0.1, 0.15) is 0 Å². The van der Waals surface area contributed by atoms with Gasteiger partial charge in [-0.25, -0.2) is 0 Å². The van der Waals surface area contributed by atoms with Crippen LogP contribution in [-0.2, 0) is 6.54 Å². The molecule has 0 amide bonds. The third-order valence-electron chi connectivity index (χ3n) is 4.52. The maximum Gasteiger partial charge on any atom is 0.231 e. The number of rotatable bonds is 5. The van der Waals surface area contributed by atoms with Crippen LogP contribution in [0.15, 0.2) is 18.2 Å². The Balaban J connectivity index is 1.54. The topological polar surface area (TPSA) is 50.7 Å². The van der Waals surface area contributed by atoms with Crippen LogP contribution in [0.1, 0.15) is 37.7 Å². The van der Waals surface area contributed by atoms with Crippen molar-refractivity contribution in [3.05, 3.63) is 23.8 Å². The first-order valence-electron chi connectivity index (χ1n) is 7.51. The van der Waals surface area contributed by atoms with E-state index in [-0.39, 0.29) is 5.41 Å². The Kier molecular flexibility index (Phi) is 4.13. The lowest BCUT2D eigenvalue weighted by molar-refractivity contribution is 0.0810. The lowest BCUT2D eigenvalue weighted by Gasteiger charge is -2.35. The van der Waals surface area contributed by atoms with Crippen molar-refractivity contribution in [2.75, 3.05) is 19.9 Å². The third-order valence-corrected chi connectivity index (χ3v) is 4.52.